The van der Waals surface area contributed by atoms with Gasteiger partial charge in [-0.05, 0) is 48.5 Å². The standard InChI is InChI=1S/C17H17Cl2N3OS/c1-2-8-23-16-14(18)9-12(10-15(16)19)11-20-22-17(24)21-13-6-4-3-5-7-13/h3-7,9-11H,2,8H2,1H3,(H2,21,22,24)/b20-11+. The van der Waals surface area contributed by atoms with Gasteiger partial charge in [-0.2, -0.15) is 5.10 Å². The molecule has 0 aliphatic carbocycles. The summed E-state index contributed by atoms with van der Waals surface area (Å²) in [5, 5.41) is 8.37. The first-order valence-electron chi connectivity index (χ1n) is 7.37. The molecule has 0 fully saturated rings. The minimum absolute atomic E-state index is 0.387. The van der Waals surface area contributed by atoms with E-state index in [0.29, 0.717) is 27.5 Å². The lowest BCUT2D eigenvalue weighted by molar-refractivity contribution is 0.318. The fourth-order valence-electron chi connectivity index (χ4n) is 1.84. The molecule has 0 amide bonds. The minimum Gasteiger partial charge on any atom is -0.490 e. The molecule has 4 nitrogen and oxygen atoms in total. The Morgan fingerprint density at radius 2 is 1.88 bits per heavy atom. The van der Waals surface area contributed by atoms with Crippen LogP contribution in [0.4, 0.5) is 5.69 Å². The Hall–Kier alpha value is -1.82. The summed E-state index contributed by atoms with van der Waals surface area (Å²) in [4.78, 5) is 0. The predicted octanol–water partition coefficient (Wildman–Crippen LogP) is 5.10. The number of para-hydroxylation sites is 1. The average Bonchev–Trinajstić information content (AvgIpc) is 2.55. The molecule has 0 radical (unpaired) electrons. The Bertz CT molecular complexity index is 700. The molecule has 0 saturated heterocycles. The van der Waals surface area contributed by atoms with E-state index in [1.807, 2.05) is 37.3 Å². The molecule has 0 heterocycles. The van der Waals surface area contributed by atoms with Crippen LogP contribution in [-0.2, 0) is 0 Å². The van der Waals surface area contributed by atoms with Crippen LogP contribution < -0.4 is 15.5 Å². The molecular formula is C17H17Cl2N3OS. The Morgan fingerprint density at radius 3 is 2.50 bits per heavy atom. The molecule has 0 atom stereocenters. The summed E-state index contributed by atoms with van der Waals surface area (Å²) in [7, 11) is 0. The lowest BCUT2D eigenvalue weighted by Gasteiger charge is -2.10. The average molecular weight is 382 g/mol. The molecule has 7 heteroatoms. The topological polar surface area (TPSA) is 45.6 Å². The normalized spacial score (nSPS) is 10.6. The summed E-state index contributed by atoms with van der Waals surface area (Å²) in [6.07, 6.45) is 2.46. The van der Waals surface area contributed by atoms with Crippen molar-refractivity contribution in [1.82, 2.24) is 5.43 Å². The SMILES string of the molecule is CCCOc1c(Cl)cc(/C=N/NC(=S)Nc2ccccc2)cc1Cl. The third kappa shape index (κ3) is 5.67. The third-order valence-corrected chi connectivity index (χ3v) is 3.64. The number of nitrogens with zero attached hydrogens (tertiary/aromatic N) is 1. The summed E-state index contributed by atoms with van der Waals surface area (Å²) in [5.74, 6) is 0.492. The molecule has 0 spiro atoms. The zero-order valence-corrected chi connectivity index (χ0v) is 15.4. The highest BCUT2D eigenvalue weighted by Gasteiger charge is 2.08. The van der Waals surface area contributed by atoms with Gasteiger partial charge in [0.25, 0.3) is 0 Å². The molecule has 0 unspecified atom stereocenters. The first-order valence-corrected chi connectivity index (χ1v) is 8.53. The van der Waals surface area contributed by atoms with Crippen molar-refractivity contribution in [3.8, 4) is 5.75 Å². The van der Waals surface area contributed by atoms with Gasteiger partial charge >= 0.3 is 0 Å². The van der Waals surface area contributed by atoms with Gasteiger partial charge in [-0.3, -0.25) is 5.43 Å². The summed E-state index contributed by atoms with van der Waals surface area (Å²) < 4.78 is 5.53. The second kappa shape index (κ2) is 9.47. The van der Waals surface area contributed by atoms with E-state index >= 15 is 0 Å². The second-order valence-corrected chi connectivity index (χ2v) is 6.07. The number of thiocarbonyl (C=S) groups is 1. The van der Waals surface area contributed by atoms with E-state index in [2.05, 4.69) is 15.8 Å². The molecule has 0 aromatic heterocycles. The maximum absolute atomic E-state index is 6.19. The van der Waals surface area contributed by atoms with Gasteiger partial charge in [0.2, 0.25) is 0 Å². The number of benzene rings is 2. The second-order valence-electron chi connectivity index (χ2n) is 4.85. The lowest BCUT2D eigenvalue weighted by Crippen LogP contribution is -2.23. The number of nitrogens with one attached hydrogen (secondary N) is 2. The quantitative estimate of drug-likeness (QED) is 0.414. The molecule has 0 saturated carbocycles. The minimum atomic E-state index is 0.387. The number of hydrogen-bond acceptors (Lipinski definition) is 3. The van der Waals surface area contributed by atoms with Gasteiger partial charge in [0.15, 0.2) is 10.9 Å². The van der Waals surface area contributed by atoms with E-state index in [1.165, 1.54) is 0 Å². The Kier molecular flexibility index (Phi) is 7.31. The van der Waals surface area contributed by atoms with Crippen LogP contribution >= 0.6 is 35.4 Å². The van der Waals surface area contributed by atoms with Crippen LogP contribution in [0, 0.1) is 0 Å². The fourth-order valence-corrected chi connectivity index (χ4v) is 2.63. The molecule has 2 N–H and O–H groups in total. The monoisotopic (exact) mass is 381 g/mol. The van der Waals surface area contributed by atoms with E-state index in [-0.39, 0.29) is 0 Å². The fraction of sp³-hybridized carbons (Fsp3) is 0.176. The van der Waals surface area contributed by atoms with E-state index in [9.17, 15) is 0 Å². The molecule has 0 bridgehead atoms. The molecule has 2 rings (SSSR count). The molecule has 24 heavy (non-hydrogen) atoms. The maximum Gasteiger partial charge on any atom is 0.191 e. The lowest BCUT2D eigenvalue weighted by atomic mass is 10.2. The van der Waals surface area contributed by atoms with Crippen molar-refractivity contribution in [3.63, 3.8) is 0 Å². The zero-order chi connectivity index (χ0) is 17.4. The molecule has 0 aliphatic heterocycles. The predicted molar refractivity (Wildman–Crippen MR) is 106 cm³/mol. The number of halogens is 2. The van der Waals surface area contributed by atoms with Crippen LogP contribution in [0.1, 0.15) is 18.9 Å². The van der Waals surface area contributed by atoms with Gasteiger partial charge in [0.05, 0.1) is 22.9 Å². The van der Waals surface area contributed by atoms with E-state index in [1.54, 1.807) is 18.3 Å². The van der Waals surface area contributed by atoms with Crippen LogP contribution in [0.15, 0.2) is 47.6 Å². The zero-order valence-electron chi connectivity index (χ0n) is 13.1. The number of anilines is 1. The number of hydrazone groups is 1. The van der Waals surface area contributed by atoms with Crippen molar-refractivity contribution in [1.29, 1.82) is 0 Å². The highest BCUT2D eigenvalue weighted by molar-refractivity contribution is 7.80. The summed E-state index contributed by atoms with van der Waals surface area (Å²) in [6, 6.07) is 13.1. The molecular weight excluding hydrogens is 365 g/mol. The van der Waals surface area contributed by atoms with Crippen molar-refractivity contribution in [2.75, 3.05) is 11.9 Å². The molecule has 2 aromatic rings. The van der Waals surface area contributed by atoms with Gasteiger partial charge in [0, 0.05) is 5.69 Å². The Morgan fingerprint density at radius 1 is 1.21 bits per heavy atom. The highest BCUT2D eigenvalue weighted by Crippen LogP contribution is 2.33. The van der Waals surface area contributed by atoms with Crippen LogP contribution in [0.2, 0.25) is 10.0 Å². The number of rotatable bonds is 6. The van der Waals surface area contributed by atoms with E-state index < -0.39 is 0 Å². The first kappa shape index (κ1) is 18.5. The summed E-state index contributed by atoms with van der Waals surface area (Å²) >= 11 is 17.5. The number of ether oxygens (including phenoxy) is 1. The van der Waals surface area contributed by atoms with Crippen molar-refractivity contribution in [3.05, 3.63) is 58.1 Å². The largest absolute Gasteiger partial charge is 0.490 e. The smallest absolute Gasteiger partial charge is 0.191 e. The summed E-state index contributed by atoms with van der Waals surface area (Å²) in [5.41, 5.74) is 4.36. The van der Waals surface area contributed by atoms with Crippen LogP contribution in [-0.4, -0.2) is 17.9 Å². The van der Waals surface area contributed by atoms with Crippen molar-refractivity contribution in [2.45, 2.75) is 13.3 Å². The highest BCUT2D eigenvalue weighted by atomic mass is 35.5. The maximum atomic E-state index is 6.19. The van der Waals surface area contributed by atoms with Gasteiger partial charge in [-0.25, -0.2) is 0 Å². The third-order valence-electron chi connectivity index (χ3n) is 2.88. The van der Waals surface area contributed by atoms with Crippen molar-refractivity contribution < 1.29 is 4.74 Å². The van der Waals surface area contributed by atoms with Crippen LogP contribution in [0.5, 0.6) is 5.75 Å². The van der Waals surface area contributed by atoms with Gasteiger partial charge < -0.3 is 10.1 Å². The van der Waals surface area contributed by atoms with E-state index in [4.69, 9.17) is 40.2 Å². The number of hydrogen-bond donors (Lipinski definition) is 2. The van der Waals surface area contributed by atoms with E-state index in [0.717, 1.165) is 17.7 Å². The van der Waals surface area contributed by atoms with Gasteiger partial charge in [0.1, 0.15) is 0 Å². The Labute approximate surface area is 156 Å². The summed E-state index contributed by atoms with van der Waals surface area (Å²) in [6.45, 7) is 2.58. The first-order chi connectivity index (χ1) is 11.6. The van der Waals surface area contributed by atoms with Gasteiger partial charge in [-0.15, -0.1) is 0 Å². The molecule has 0 aliphatic rings. The Balaban J connectivity index is 1.95. The van der Waals surface area contributed by atoms with Crippen molar-refractivity contribution >= 4 is 52.4 Å². The van der Waals surface area contributed by atoms with Crippen molar-refractivity contribution in [2.24, 2.45) is 5.10 Å². The van der Waals surface area contributed by atoms with Gasteiger partial charge in [-0.1, -0.05) is 48.3 Å². The van der Waals surface area contributed by atoms with Crippen LogP contribution in [0.3, 0.4) is 0 Å². The van der Waals surface area contributed by atoms with Crippen LogP contribution in [0.25, 0.3) is 0 Å². The molecule has 126 valence electrons. The molecule has 2 aromatic carbocycles.